The van der Waals surface area contributed by atoms with Gasteiger partial charge >= 0.3 is 0 Å². The van der Waals surface area contributed by atoms with Crippen LogP contribution < -0.4 is 5.73 Å². The Kier molecular flexibility index (Phi) is 7.06. The third kappa shape index (κ3) is 5.14. The predicted octanol–water partition coefficient (Wildman–Crippen LogP) is 2.61. The number of benzene rings is 1. The molecular weight excluding hydrogens is 205 g/mol. The molecule has 1 unspecified atom stereocenters. The summed E-state index contributed by atoms with van der Waals surface area (Å²) in [6.45, 7) is 0. The van der Waals surface area contributed by atoms with Crippen LogP contribution in [0, 0.1) is 0 Å². The van der Waals surface area contributed by atoms with Gasteiger partial charge in [-0.25, -0.2) is 0 Å². The van der Waals surface area contributed by atoms with Crippen LogP contribution in [0.4, 0.5) is 0 Å². The molecule has 0 amide bonds. The lowest BCUT2D eigenvalue weighted by atomic mass is 10.1. The number of hydrogen-bond donors (Lipinski definition) is 1. The molecule has 0 bridgehead atoms. The summed E-state index contributed by atoms with van der Waals surface area (Å²) in [7, 11) is 0. The SMILES string of the molecule is Cl.NC(CCCl)Cc1ccccc1. The highest BCUT2D eigenvalue weighted by molar-refractivity contribution is 6.17. The Labute approximate surface area is 90.7 Å². The molecule has 0 saturated carbocycles. The summed E-state index contributed by atoms with van der Waals surface area (Å²) >= 11 is 5.58. The second-order valence-corrected chi connectivity index (χ2v) is 3.31. The molecule has 0 saturated heterocycles. The third-order valence-electron chi connectivity index (χ3n) is 1.82. The molecule has 3 heteroatoms. The van der Waals surface area contributed by atoms with Gasteiger partial charge in [-0.15, -0.1) is 24.0 Å². The molecule has 1 atom stereocenters. The van der Waals surface area contributed by atoms with Gasteiger partial charge in [0.05, 0.1) is 0 Å². The molecule has 1 aromatic rings. The number of hydrogen-bond acceptors (Lipinski definition) is 1. The fourth-order valence-electron chi connectivity index (χ4n) is 1.16. The van der Waals surface area contributed by atoms with Gasteiger partial charge in [-0.2, -0.15) is 0 Å². The van der Waals surface area contributed by atoms with Gasteiger partial charge in [-0.1, -0.05) is 30.3 Å². The second-order valence-electron chi connectivity index (χ2n) is 2.93. The van der Waals surface area contributed by atoms with Crippen molar-refractivity contribution in [3.63, 3.8) is 0 Å². The van der Waals surface area contributed by atoms with Gasteiger partial charge in [0.2, 0.25) is 0 Å². The minimum absolute atomic E-state index is 0. The molecule has 0 aliphatic carbocycles. The van der Waals surface area contributed by atoms with E-state index in [2.05, 4.69) is 12.1 Å². The molecular formula is C10H15Cl2N. The smallest absolute Gasteiger partial charge is 0.0238 e. The zero-order chi connectivity index (χ0) is 8.81. The predicted molar refractivity (Wildman–Crippen MR) is 60.7 cm³/mol. The molecule has 0 radical (unpaired) electrons. The summed E-state index contributed by atoms with van der Waals surface area (Å²) in [4.78, 5) is 0. The maximum atomic E-state index is 5.83. The van der Waals surface area contributed by atoms with Crippen LogP contribution in [0.3, 0.4) is 0 Å². The third-order valence-corrected chi connectivity index (χ3v) is 2.04. The number of halogens is 2. The molecule has 74 valence electrons. The summed E-state index contributed by atoms with van der Waals surface area (Å²) < 4.78 is 0. The first-order chi connectivity index (χ1) is 5.83. The first-order valence-corrected chi connectivity index (χ1v) is 4.72. The van der Waals surface area contributed by atoms with Gasteiger partial charge in [-0.3, -0.25) is 0 Å². The fourth-order valence-corrected chi connectivity index (χ4v) is 1.44. The first-order valence-electron chi connectivity index (χ1n) is 4.18. The van der Waals surface area contributed by atoms with Crippen LogP contribution in [-0.4, -0.2) is 11.9 Å². The molecule has 0 aliphatic heterocycles. The highest BCUT2D eigenvalue weighted by Gasteiger charge is 2.01. The molecule has 2 N–H and O–H groups in total. The monoisotopic (exact) mass is 219 g/mol. The Morgan fingerprint density at radius 1 is 1.23 bits per heavy atom. The van der Waals surface area contributed by atoms with Crippen molar-refractivity contribution in [2.45, 2.75) is 18.9 Å². The van der Waals surface area contributed by atoms with Crippen LogP contribution in [0.2, 0.25) is 0 Å². The average Bonchev–Trinajstić information content (AvgIpc) is 2.06. The van der Waals surface area contributed by atoms with Gasteiger partial charge in [0, 0.05) is 11.9 Å². The Balaban J connectivity index is 0.00000144. The Bertz CT molecular complexity index is 213. The minimum atomic E-state index is 0. The van der Waals surface area contributed by atoms with Crippen LogP contribution in [0.25, 0.3) is 0 Å². The van der Waals surface area contributed by atoms with Gasteiger partial charge in [-0.05, 0) is 18.4 Å². The summed E-state index contributed by atoms with van der Waals surface area (Å²) in [5.74, 6) is 0.647. The lowest BCUT2D eigenvalue weighted by Crippen LogP contribution is -2.23. The molecule has 1 rings (SSSR count). The maximum Gasteiger partial charge on any atom is 0.0238 e. The molecule has 0 heterocycles. The van der Waals surface area contributed by atoms with Gasteiger partial charge in [0.1, 0.15) is 0 Å². The van der Waals surface area contributed by atoms with Crippen LogP contribution in [-0.2, 0) is 6.42 Å². The first kappa shape index (κ1) is 12.8. The van der Waals surface area contributed by atoms with Crippen LogP contribution in [0.1, 0.15) is 12.0 Å². The number of rotatable bonds is 4. The normalized spacial score (nSPS) is 11.8. The van der Waals surface area contributed by atoms with Crippen molar-refractivity contribution in [2.75, 3.05) is 5.88 Å². The molecule has 0 spiro atoms. The average molecular weight is 220 g/mol. The van der Waals surface area contributed by atoms with E-state index in [0.717, 1.165) is 12.8 Å². The van der Waals surface area contributed by atoms with Crippen LogP contribution in [0.15, 0.2) is 30.3 Å². The van der Waals surface area contributed by atoms with E-state index in [4.69, 9.17) is 17.3 Å². The topological polar surface area (TPSA) is 26.0 Å². The van der Waals surface area contributed by atoms with E-state index < -0.39 is 0 Å². The molecule has 1 aromatic carbocycles. The maximum absolute atomic E-state index is 5.83. The number of alkyl halides is 1. The van der Waals surface area contributed by atoms with E-state index in [0.29, 0.717) is 5.88 Å². The van der Waals surface area contributed by atoms with Crippen molar-refractivity contribution in [2.24, 2.45) is 5.73 Å². The lowest BCUT2D eigenvalue weighted by molar-refractivity contribution is 0.650. The van der Waals surface area contributed by atoms with Crippen molar-refractivity contribution in [1.82, 2.24) is 0 Å². The zero-order valence-corrected chi connectivity index (χ0v) is 9.02. The van der Waals surface area contributed by atoms with Crippen LogP contribution >= 0.6 is 24.0 Å². The highest BCUT2D eigenvalue weighted by Crippen LogP contribution is 2.04. The van der Waals surface area contributed by atoms with Crippen molar-refractivity contribution in [3.05, 3.63) is 35.9 Å². The summed E-state index contributed by atoms with van der Waals surface area (Å²) in [6, 6.07) is 10.5. The largest absolute Gasteiger partial charge is 0.327 e. The Hall–Kier alpha value is -0.240. The summed E-state index contributed by atoms with van der Waals surface area (Å²) in [5, 5.41) is 0. The second kappa shape index (κ2) is 7.19. The quantitative estimate of drug-likeness (QED) is 0.775. The van der Waals surface area contributed by atoms with E-state index in [1.54, 1.807) is 0 Å². The number of nitrogens with two attached hydrogens (primary N) is 1. The molecule has 0 fully saturated rings. The standard InChI is InChI=1S/C10H14ClN.ClH/c11-7-6-10(12)8-9-4-2-1-3-5-9;/h1-5,10H,6-8,12H2;1H. The molecule has 1 nitrogen and oxygen atoms in total. The van der Waals surface area contributed by atoms with Crippen molar-refractivity contribution in [3.8, 4) is 0 Å². The highest BCUT2D eigenvalue weighted by atomic mass is 35.5. The molecule has 0 aromatic heterocycles. The summed E-state index contributed by atoms with van der Waals surface area (Å²) in [5.41, 5.74) is 7.12. The van der Waals surface area contributed by atoms with E-state index in [9.17, 15) is 0 Å². The Morgan fingerprint density at radius 2 is 1.85 bits per heavy atom. The van der Waals surface area contributed by atoms with E-state index in [-0.39, 0.29) is 18.4 Å². The Morgan fingerprint density at radius 3 is 2.38 bits per heavy atom. The minimum Gasteiger partial charge on any atom is -0.327 e. The van der Waals surface area contributed by atoms with Gasteiger partial charge < -0.3 is 5.73 Å². The van der Waals surface area contributed by atoms with Crippen LogP contribution in [0.5, 0.6) is 0 Å². The van der Waals surface area contributed by atoms with Crippen molar-refractivity contribution in [1.29, 1.82) is 0 Å². The van der Waals surface area contributed by atoms with Crippen molar-refractivity contribution < 1.29 is 0 Å². The van der Waals surface area contributed by atoms with Crippen molar-refractivity contribution >= 4 is 24.0 Å². The van der Waals surface area contributed by atoms with E-state index in [1.807, 2.05) is 18.2 Å². The van der Waals surface area contributed by atoms with Gasteiger partial charge in [0.25, 0.3) is 0 Å². The van der Waals surface area contributed by atoms with Gasteiger partial charge in [0.15, 0.2) is 0 Å². The zero-order valence-electron chi connectivity index (χ0n) is 7.45. The lowest BCUT2D eigenvalue weighted by Gasteiger charge is -2.08. The van der Waals surface area contributed by atoms with E-state index in [1.165, 1.54) is 5.56 Å². The molecule has 0 aliphatic rings. The summed E-state index contributed by atoms with van der Waals surface area (Å²) in [6.07, 6.45) is 1.81. The fraction of sp³-hybridized carbons (Fsp3) is 0.400. The van der Waals surface area contributed by atoms with E-state index >= 15 is 0 Å². The molecule has 13 heavy (non-hydrogen) atoms.